The van der Waals surface area contributed by atoms with E-state index in [0.29, 0.717) is 17.1 Å². The minimum atomic E-state index is -1.000. The number of nitrogens with one attached hydrogen (secondary N) is 2. The summed E-state index contributed by atoms with van der Waals surface area (Å²) in [5, 5.41) is 15.1. The minimum Gasteiger partial charge on any atom is -0.464 e. The van der Waals surface area contributed by atoms with Gasteiger partial charge in [-0.05, 0) is 31.2 Å². The summed E-state index contributed by atoms with van der Waals surface area (Å²) >= 11 is 1.37. The van der Waals surface area contributed by atoms with Crippen molar-refractivity contribution in [2.45, 2.75) is 38.1 Å². The molecule has 1 aliphatic rings. The van der Waals surface area contributed by atoms with Crippen LogP contribution in [-0.4, -0.2) is 62.6 Å². The molecule has 0 aliphatic carbocycles. The summed E-state index contributed by atoms with van der Waals surface area (Å²) in [6, 6.07) is 4.76. The third-order valence-corrected chi connectivity index (χ3v) is 5.51. The molecule has 0 saturated carbocycles. The molecule has 3 heterocycles. The molecule has 0 spiro atoms. The number of carbonyl (C=O) groups excluding carboxylic acids is 3. The maximum absolute atomic E-state index is 13.1. The van der Waals surface area contributed by atoms with E-state index in [1.807, 2.05) is 0 Å². The van der Waals surface area contributed by atoms with Crippen LogP contribution in [0.15, 0.2) is 41.4 Å². The van der Waals surface area contributed by atoms with E-state index in [0.717, 1.165) is 0 Å². The lowest BCUT2D eigenvalue weighted by atomic mass is 10.1. The van der Waals surface area contributed by atoms with E-state index in [1.165, 1.54) is 28.2 Å². The van der Waals surface area contributed by atoms with Gasteiger partial charge < -0.3 is 20.1 Å². The van der Waals surface area contributed by atoms with Crippen molar-refractivity contribution in [1.29, 1.82) is 0 Å². The number of aromatic nitrogens is 4. The number of epoxide rings is 1. The molecule has 1 fully saturated rings. The van der Waals surface area contributed by atoms with Gasteiger partial charge in [0.1, 0.15) is 17.6 Å². The van der Waals surface area contributed by atoms with Crippen molar-refractivity contribution in [3.63, 3.8) is 0 Å². The Morgan fingerprint density at radius 3 is 2.74 bits per heavy atom. The van der Waals surface area contributed by atoms with E-state index >= 15 is 0 Å². The number of hydrogen-bond acceptors (Lipinski definition) is 9. The Morgan fingerprint density at radius 2 is 2.03 bits per heavy atom. The van der Waals surface area contributed by atoms with Crippen molar-refractivity contribution in [2.75, 3.05) is 6.61 Å². The molecule has 1 aromatic carbocycles. The van der Waals surface area contributed by atoms with E-state index in [9.17, 15) is 18.8 Å². The number of carbonyl (C=O) groups is 3. The Labute approximate surface area is 197 Å². The predicted octanol–water partition coefficient (Wildman–Crippen LogP) is 0.537. The summed E-state index contributed by atoms with van der Waals surface area (Å²) in [4.78, 5) is 41.3. The molecule has 0 unspecified atom stereocenters. The monoisotopic (exact) mass is 488 g/mol. The number of halogens is 1. The summed E-state index contributed by atoms with van der Waals surface area (Å²) in [6.45, 7) is 1.88. The van der Waals surface area contributed by atoms with Gasteiger partial charge in [-0.25, -0.2) is 18.9 Å². The number of thiazole rings is 1. The van der Waals surface area contributed by atoms with Crippen molar-refractivity contribution in [3.05, 3.63) is 58.6 Å². The second kappa shape index (κ2) is 10.5. The Hall–Kier alpha value is -3.71. The highest BCUT2D eigenvalue weighted by Gasteiger charge is 2.52. The maximum atomic E-state index is 13.1. The van der Waals surface area contributed by atoms with Crippen molar-refractivity contribution in [3.8, 4) is 5.69 Å². The molecule has 11 nitrogen and oxygen atoms in total. The van der Waals surface area contributed by atoms with Gasteiger partial charge in [-0.15, -0.1) is 16.4 Å². The van der Waals surface area contributed by atoms with Crippen LogP contribution in [0.4, 0.5) is 4.39 Å². The highest BCUT2D eigenvalue weighted by Crippen LogP contribution is 2.24. The van der Waals surface area contributed by atoms with Crippen LogP contribution >= 0.6 is 11.3 Å². The molecule has 3 aromatic rings. The smallest absolute Gasteiger partial charge is 0.338 e. The van der Waals surface area contributed by atoms with Gasteiger partial charge in [0.05, 0.1) is 36.2 Å². The zero-order chi connectivity index (χ0) is 24.1. The SMILES string of the molecule is CCOC(=O)[C@H]1O[C@@H]1C(=O)N[C@@H](Cc1cscn1)C(=O)NCc1cn(-c2ccc(F)cc2)nn1. The number of nitrogens with zero attached hydrogens (tertiary/aromatic N) is 4. The number of ether oxygens (including phenoxy) is 2. The first kappa shape index (κ1) is 23.4. The first-order valence-corrected chi connectivity index (χ1v) is 11.3. The van der Waals surface area contributed by atoms with Crippen LogP contribution in [0.25, 0.3) is 5.69 Å². The lowest BCUT2D eigenvalue weighted by molar-refractivity contribution is -0.144. The van der Waals surface area contributed by atoms with E-state index < -0.39 is 36.0 Å². The molecule has 2 amide bonds. The van der Waals surface area contributed by atoms with Gasteiger partial charge in [0.25, 0.3) is 5.91 Å². The van der Waals surface area contributed by atoms with Gasteiger partial charge in [0.2, 0.25) is 5.91 Å². The van der Waals surface area contributed by atoms with Crippen LogP contribution in [0.5, 0.6) is 0 Å². The summed E-state index contributed by atoms with van der Waals surface area (Å²) in [6.07, 6.45) is -0.214. The van der Waals surface area contributed by atoms with E-state index in [4.69, 9.17) is 9.47 Å². The first-order valence-electron chi connectivity index (χ1n) is 10.4. The Kier molecular flexibility index (Phi) is 7.23. The van der Waals surface area contributed by atoms with Gasteiger partial charge in [-0.1, -0.05) is 5.21 Å². The van der Waals surface area contributed by atoms with Crippen molar-refractivity contribution in [2.24, 2.45) is 0 Å². The topological polar surface area (TPSA) is 141 Å². The number of hydrogen-bond donors (Lipinski definition) is 2. The van der Waals surface area contributed by atoms with E-state index in [1.54, 1.807) is 36.1 Å². The maximum Gasteiger partial charge on any atom is 0.338 e. The third kappa shape index (κ3) is 5.80. The number of rotatable bonds is 10. The van der Waals surface area contributed by atoms with Crippen molar-refractivity contribution in [1.82, 2.24) is 30.6 Å². The molecule has 178 valence electrons. The Balaban J connectivity index is 1.36. The van der Waals surface area contributed by atoms with E-state index in [2.05, 4.69) is 25.9 Å². The zero-order valence-corrected chi connectivity index (χ0v) is 18.8. The minimum absolute atomic E-state index is 0.0504. The molecule has 2 N–H and O–H groups in total. The summed E-state index contributed by atoms with van der Waals surface area (Å²) < 4.78 is 24.5. The van der Waals surface area contributed by atoms with E-state index in [-0.39, 0.29) is 25.4 Å². The lowest BCUT2D eigenvalue weighted by Gasteiger charge is -2.17. The second-order valence-corrected chi connectivity index (χ2v) is 8.04. The molecule has 0 radical (unpaired) electrons. The molecular weight excluding hydrogens is 467 g/mol. The van der Waals surface area contributed by atoms with Crippen LogP contribution in [0.3, 0.4) is 0 Å². The molecule has 3 atom stereocenters. The molecule has 4 rings (SSSR count). The fraction of sp³-hybridized carbons (Fsp3) is 0.333. The highest BCUT2D eigenvalue weighted by atomic mass is 32.1. The number of amides is 2. The Morgan fingerprint density at radius 1 is 1.24 bits per heavy atom. The van der Waals surface area contributed by atoms with Crippen molar-refractivity contribution >= 4 is 29.1 Å². The zero-order valence-electron chi connectivity index (χ0n) is 18.0. The normalized spacial score (nSPS) is 17.6. The van der Waals surface area contributed by atoms with Gasteiger partial charge in [-0.2, -0.15) is 0 Å². The second-order valence-electron chi connectivity index (χ2n) is 7.32. The molecule has 1 saturated heterocycles. The summed E-state index contributed by atoms with van der Waals surface area (Å²) in [7, 11) is 0. The van der Waals surface area contributed by atoms with Crippen LogP contribution in [-0.2, 0) is 36.8 Å². The first-order chi connectivity index (χ1) is 16.4. The largest absolute Gasteiger partial charge is 0.464 e. The third-order valence-electron chi connectivity index (χ3n) is 4.87. The molecule has 13 heteroatoms. The molecule has 0 bridgehead atoms. The summed E-state index contributed by atoms with van der Waals surface area (Å²) in [5.41, 5.74) is 3.33. The lowest BCUT2D eigenvalue weighted by Crippen LogP contribution is -2.49. The fourth-order valence-corrected chi connectivity index (χ4v) is 3.70. The van der Waals surface area contributed by atoms with Crippen LogP contribution in [0.2, 0.25) is 0 Å². The number of benzene rings is 1. The van der Waals surface area contributed by atoms with Crippen LogP contribution in [0, 0.1) is 5.82 Å². The average Bonchev–Trinajstić information content (AvgIpc) is 3.21. The van der Waals surface area contributed by atoms with Gasteiger partial charge >= 0.3 is 5.97 Å². The molecular formula is C21H21FN6O5S. The van der Waals surface area contributed by atoms with Crippen LogP contribution < -0.4 is 10.6 Å². The standard InChI is InChI=1S/C21H21FN6O5S/c1-2-32-21(31)18-17(33-18)20(30)25-16(7-13-10-34-11-24-13)19(29)23-8-14-9-28(27-26-14)15-5-3-12(22)4-6-15/h3-6,9-11,16-18H,2,7-8H2,1H3,(H,23,29)(H,25,30)/t16-,17-,18-/m0/s1. The molecule has 2 aromatic heterocycles. The highest BCUT2D eigenvalue weighted by molar-refractivity contribution is 7.07. The molecule has 34 heavy (non-hydrogen) atoms. The van der Waals surface area contributed by atoms with Gasteiger partial charge in [0, 0.05) is 11.8 Å². The van der Waals surface area contributed by atoms with Crippen LogP contribution in [0.1, 0.15) is 18.3 Å². The fourth-order valence-electron chi connectivity index (χ4n) is 3.13. The predicted molar refractivity (Wildman–Crippen MR) is 116 cm³/mol. The average molecular weight is 489 g/mol. The van der Waals surface area contributed by atoms with Crippen molar-refractivity contribution < 1.29 is 28.2 Å². The number of esters is 1. The summed E-state index contributed by atoms with van der Waals surface area (Å²) in [5.74, 6) is -2.04. The quantitative estimate of drug-likeness (QED) is 0.311. The Bertz CT molecular complexity index is 1150. The van der Waals surface area contributed by atoms with Gasteiger partial charge in [0.15, 0.2) is 12.2 Å². The van der Waals surface area contributed by atoms with Gasteiger partial charge in [-0.3, -0.25) is 9.59 Å². The molecule has 1 aliphatic heterocycles.